The number of aliphatic hydroxyl groups excluding tert-OH is 1. The first-order valence-corrected chi connectivity index (χ1v) is 6.85. The fraction of sp³-hybridized carbons (Fsp3) is 0.500. The molecule has 0 saturated carbocycles. The van der Waals surface area contributed by atoms with Gasteiger partial charge in [-0.3, -0.25) is 0 Å². The summed E-state index contributed by atoms with van der Waals surface area (Å²) in [5, 5.41) is 14.2. The van der Waals surface area contributed by atoms with Crippen LogP contribution in [0.15, 0.2) is 24.3 Å². The summed E-state index contributed by atoms with van der Waals surface area (Å²) in [7, 11) is 0. The number of nitrogens with one attached hydrogen (secondary N) is 1. The molecular formula is C12H16ClNOS. The SMILES string of the molecule is CC1SCCC1(CO)Nc1ccc(Cl)cc1. The Morgan fingerprint density at radius 3 is 2.69 bits per heavy atom. The van der Waals surface area contributed by atoms with Crippen LogP contribution in [-0.2, 0) is 0 Å². The van der Waals surface area contributed by atoms with Crippen LogP contribution in [0.5, 0.6) is 0 Å². The van der Waals surface area contributed by atoms with Gasteiger partial charge in [0.2, 0.25) is 0 Å². The normalized spacial score (nSPS) is 29.3. The first-order chi connectivity index (χ1) is 7.66. The fourth-order valence-corrected chi connectivity index (χ4v) is 3.54. The van der Waals surface area contributed by atoms with Gasteiger partial charge in [0, 0.05) is 16.0 Å². The van der Waals surface area contributed by atoms with Crippen LogP contribution in [0.3, 0.4) is 0 Å². The predicted octanol–water partition coefficient (Wildman–Crippen LogP) is 3.01. The quantitative estimate of drug-likeness (QED) is 0.873. The van der Waals surface area contributed by atoms with Gasteiger partial charge in [-0.15, -0.1) is 0 Å². The van der Waals surface area contributed by atoms with Crippen molar-refractivity contribution in [2.75, 3.05) is 17.7 Å². The van der Waals surface area contributed by atoms with E-state index in [0.717, 1.165) is 22.9 Å². The highest BCUT2D eigenvalue weighted by atomic mass is 35.5. The fourth-order valence-electron chi connectivity index (χ4n) is 2.01. The van der Waals surface area contributed by atoms with Crippen LogP contribution in [-0.4, -0.2) is 28.3 Å². The number of rotatable bonds is 3. The average molecular weight is 258 g/mol. The number of hydrogen-bond donors (Lipinski definition) is 2. The van der Waals surface area contributed by atoms with E-state index in [2.05, 4.69) is 12.2 Å². The molecule has 1 saturated heterocycles. The Bertz CT molecular complexity index is 357. The summed E-state index contributed by atoms with van der Waals surface area (Å²) in [5.41, 5.74) is 0.839. The number of benzene rings is 1. The minimum atomic E-state index is -0.182. The van der Waals surface area contributed by atoms with Gasteiger partial charge < -0.3 is 10.4 Å². The third kappa shape index (κ3) is 2.31. The Balaban J connectivity index is 2.15. The third-order valence-electron chi connectivity index (χ3n) is 3.21. The second kappa shape index (κ2) is 4.86. The van der Waals surface area contributed by atoms with Crippen LogP contribution in [0.2, 0.25) is 5.02 Å². The van der Waals surface area contributed by atoms with Gasteiger partial charge in [-0.2, -0.15) is 11.8 Å². The van der Waals surface area contributed by atoms with Gasteiger partial charge in [0.15, 0.2) is 0 Å². The van der Waals surface area contributed by atoms with Gasteiger partial charge in [-0.25, -0.2) is 0 Å². The van der Waals surface area contributed by atoms with E-state index in [9.17, 15) is 5.11 Å². The van der Waals surface area contributed by atoms with Crippen molar-refractivity contribution in [2.24, 2.45) is 0 Å². The van der Waals surface area contributed by atoms with Crippen molar-refractivity contribution in [2.45, 2.75) is 24.1 Å². The highest BCUT2D eigenvalue weighted by molar-refractivity contribution is 8.00. The molecule has 2 rings (SSSR count). The summed E-state index contributed by atoms with van der Waals surface area (Å²) in [6.07, 6.45) is 0.998. The molecule has 16 heavy (non-hydrogen) atoms. The minimum Gasteiger partial charge on any atom is -0.394 e. The minimum absolute atomic E-state index is 0.170. The van der Waals surface area contributed by atoms with Gasteiger partial charge in [0.1, 0.15) is 0 Å². The van der Waals surface area contributed by atoms with E-state index in [-0.39, 0.29) is 12.1 Å². The molecule has 0 spiro atoms. The molecule has 1 aliphatic heterocycles. The zero-order valence-electron chi connectivity index (χ0n) is 9.24. The number of thioether (sulfide) groups is 1. The summed E-state index contributed by atoms with van der Waals surface area (Å²) in [4.78, 5) is 0. The molecule has 2 N–H and O–H groups in total. The predicted molar refractivity (Wildman–Crippen MR) is 71.4 cm³/mol. The Kier molecular flexibility index (Phi) is 3.67. The molecule has 1 fully saturated rings. The Morgan fingerprint density at radius 1 is 1.50 bits per heavy atom. The Labute approximate surface area is 105 Å². The average Bonchev–Trinajstić information content (AvgIpc) is 2.64. The van der Waals surface area contributed by atoms with Crippen molar-refractivity contribution in [1.29, 1.82) is 0 Å². The summed E-state index contributed by atoms with van der Waals surface area (Å²) in [6.45, 7) is 2.33. The van der Waals surface area contributed by atoms with Crippen LogP contribution < -0.4 is 5.32 Å². The van der Waals surface area contributed by atoms with Gasteiger partial charge >= 0.3 is 0 Å². The topological polar surface area (TPSA) is 32.3 Å². The van der Waals surface area contributed by atoms with Crippen LogP contribution in [0.25, 0.3) is 0 Å². The summed E-state index contributed by atoms with van der Waals surface area (Å²) >= 11 is 7.75. The maximum Gasteiger partial charge on any atom is 0.0727 e. The molecule has 0 aliphatic carbocycles. The van der Waals surface area contributed by atoms with Crippen molar-refractivity contribution in [1.82, 2.24) is 0 Å². The molecule has 88 valence electrons. The second-order valence-corrected chi connectivity index (χ2v) is 6.09. The summed E-state index contributed by atoms with van der Waals surface area (Å²) < 4.78 is 0. The lowest BCUT2D eigenvalue weighted by Gasteiger charge is -2.33. The lowest BCUT2D eigenvalue weighted by Crippen LogP contribution is -2.46. The highest BCUT2D eigenvalue weighted by Crippen LogP contribution is 2.38. The standard InChI is InChI=1S/C12H16ClNOS/c1-9-12(8-15,6-7-16-9)14-11-4-2-10(13)3-5-11/h2-5,9,14-15H,6-8H2,1H3. The molecule has 4 heteroatoms. The smallest absolute Gasteiger partial charge is 0.0727 e. The van der Waals surface area contributed by atoms with Crippen molar-refractivity contribution in [3.8, 4) is 0 Å². The molecule has 1 aliphatic rings. The summed E-state index contributed by atoms with van der Waals surface area (Å²) in [5.74, 6) is 1.10. The molecule has 2 nitrogen and oxygen atoms in total. The van der Waals surface area contributed by atoms with Crippen molar-refractivity contribution < 1.29 is 5.11 Å². The van der Waals surface area contributed by atoms with E-state index >= 15 is 0 Å². The lowest BCUT2D eigenvalue weighted by atomic mass is 9.93. The molecule has 1 aromatic carbocycles. The van der Waals surface area contributed by atoms with Crippen molar-refractivity contribution in [3.63, 3.8) is 0 Å². The number of anilines is 1. The first kappa shape index (κ1) is 12.1. The van der Waals surface area contributed by atoms with Crippen LogP contribution in [0, 0.1) is 0 Å². The van der Waals surface area contributed by atoms with E-state index in [1.165, 1.54) is 0 Å². The highest BCUT2D eigenvalue weighted by Gasteiger charge is 2.40. The monoisotopic (exact) mass is 257 g/mol. The second-order valence-electron chi connectivity index (χ2n) is 4.21. The molecule has 0 radical (unpaired) electrons. The molecule has 0 aromatic heterocycles. The molecule has 0 amide bonds. The maximum atomic E-state index is 9.60. The van der Waals surface area contributed by atoms with Crippen molar-refractivity contribution in [3.05, 3.63) is 29.3 Å². The van der Waals surface area contributed by atoms with Crippen LogP contribution in [0.1, 0.15) is 13.3 Å². The molecular weight excluding hydrogens is 242 g/mol. The molecule has 2 atom stereocenters. The number of aliphatic hydroxyl groups is 1. The van der Waals surface area contributed by atoms with E-state index < -0.39 is 0 Å². The van der Waals surface area contributed by atoms with Gasteiger partial charge in [0.05, 0.1) is 12.1 Å². The Hall–Kier alpha value is -0.380. The summed E-state index contributed by atoms with van der Waals surface area (Å²) in [6, 6.07) is 7.63. The van der Waals surface area contributed by atoms with Crippen LogP contribution in [0.4, 0.5) is 5.69 Å². The molecule has 1 heterocycles. The number of halogens is 1. The zero-order chi connectivity index (χ0) is 11.6. The lowest BCUT2D eigenvalue weighted by molar-refractivity contribution is 0.212. The van der Waals surface area contributed by atoms with Gasteiger partial charge in [0.25, 0.3) is 0 Å². The largest absolute Gasteiger partial charge is 0.394 e. The third-order valence-corrected chi connectivity index (χ3v) is 4.86. The first-order valence-electron chi connectivity index (χ1n) is 5.42. The molecule has 0 bridgehead atoms. The van der Waals surface area contributed by atoms with Gasteiger partial charge in [-0.1, -0.05) is 18.5 Å². The van der Waals surface area contributed by atoms with E-state index in [4.69, 9.17) is 11.6 Å². The van der Waals surface area contributed by atoms with E-state index in [0.29, 0.717) is 5.25 Å². The van der Waals surface area contributed by atoms with Crippen molar-refractivity contribution >= 4 is 29.1 Å². The van der Waals surface area contributed by atoms with E-state index in [1.807, 2.05) is 36.0 Å². The number of hydrogen-bond acceptors (Lipinski definition) is 3. The Morgan fingerprint density at radius 2 is 2.19 bits per heavy atom. The van der Waals surface area contributed by atoms with Crippen LogP contribution >= 0.6 is 23.4 Å². The zero-order valence-corrected chi connectivity index (χ0v) is 10.8. The molecule has 1 aromatic rings. The van der Waals surface area contributed by atoms with Gasteiger partial charge in [-0.05, 0) is 36.4 Å². The van der Waals surface area contributed by atoms with E-state index in [1.54, 1.807) is 0 Å². The maximum absolute atomic E-state index is 9.60. The molecule has 2 unspecified atom stereocenters.